The summed E-state index contributed by atoms with van der Waals surface area (Å²) in [6.45, 7) is 5.04. The van der Waals surface area contributed by atoms with Gasteiger partial charge < -0.3 is 10.1 Å². The molecule has 90 valence electrons. The van der Waals surface area contributed by atoms with Gasteiger partial charge >= 0.3 is 0 Å². The molecule has 0 aliphatic carbocycles. The Bertz CT molecular complexity index is 328. The van der Waals surface area contributed by atoms with Crippen LogP contribution in [-0.4, -0.2) is 13.2 Å². The molecule has 0 saturated heterocycles. The van der Waals surface area contributed by atoms with Gasteiger partial charge in [-0.1, -0.05) is 35.3 Å². The van der Waals surface area contributed by atoms with Gasteiger partial charge in [0.2, 0.25) is 0 Å². The quantitative estimate of drug-likeness (QED) is 0.846. The Morgan fingerprint density at radius 3 is 2.81 bits per heavy atom. The second-order valence-corrected chi connectivity index (χ2v) is 4.89. The predicted molar refractivity (Wildman–Crippen MR) is 72.8 cm³/mol. The van der Waals surface area contributed by atoms with Crippen molar-refractivity contribution in [3.63, 3.8) is 0 Å². The second-order valence-electron chi connectivity index (χ2n) is 4.03. The SMILES string of the molecule is CCCC(C)Nc1cccc(Br)c1COC. The van der Waals surface area contributed by atoms with Crippen LogP contribution in [-0.2, 0) is 11.3 Å². The number of benzene rings is 1. The minimum absolute atomic E-state index is 0.495. The van der Waals surface area contributed by atoms with Crippen LogP contribution in [0.15, 0.2) is 22.7 Å². The lowest BCUT2D eigenvalue weighted by Gasteiger charge is -2.18. The highest BCUT2D eigenvalue weighted by Gasteiger charge is 2.08. The normalized spacial score (nSPS) is 12.5. The number of hydrogen-bond acceptors (Lipinski definition) is 2. The van der Waals surface area contributed by atoms with E-state index in [0.29, 0.717) is 12.6 Å². The first kappa shape index (κ1) is 13.5. The fraction of sp³-hybridized carbons (Fsp3) is 0.538. The van der Waals surface area contributed by atoms with Crippen molar-refractivity contribution in [2.45, 2.75) is 39.3 Å². The number of nitrogens with one attached hydrogen (secondary N) is 1. The van der Waals surface area contributed by atoms with Gasteiger partial charge in [0.25, 0.3) is 0 Å². The van der Waals surface area contributed by atoms with Crippen molar-refractivity contribution in [2.75, 3.05) is 12.4 Å². The predicted octanol–water partition coefficient (Wildman–Crippen LogP) is 4.20. The van der Waals surface area contributed by atoms with Gasteiger partial charge in [0, 0.05) is 28.9 Å². The molecule has 0 bridgehead atoms. The smallest absolute Gasteiger partial charge is 0.0744 e. The third-order valence-corrected chi connectivity index (χ3v) is 3.27. The number of rotatable bonds is 6. The van der Waals surface area contributed by atoms with Crippen LogP contribution < -0.4 is 5.32 Å². The van der Waals surface area contributed by atoms with E-state index in [0.717, 1.165) is 10.2 Å². The molecule has 1 aromatic rings. The highest BCUT2D eigenvalue weighted by Crippen LogP contribution is 2.26. The van der Waals surface area contributed by atoms with E-state index in [9.17, 15) is 0 Å². The number of halogens is 1. The maximum absolute atomic E-state index is 5.22. The van der Waals surface area contributed by atoms with Gasteiger partial charge in [0.1, 0.15) is 0 Å². The Morgan fingerprint density at radius 1 is 1.44 bits per heavy atom. The van der Waals surface area contributed by atoms with Gasteiger partial charge in [0.05, 0.1) is 6.61 Å². The number of anilines is 1. The molecule has 0 spiro atoms. The Kier molecular flexibility index (Phi) is 5.85. The van der Waals surface area contributed by atoms with Crippen LogP contribution >= 0.6 is 15.9 Å². The summed E-state index contributed by atoms with van der Waals surface area (Å²) >= 11 is 3.56. The molecule has 0 aromatic heterocycles. The molecule has 0 aliphatic heterocycles. The van der Waals surface area contributed by atoms with E-state index in [-0.39, 0.29) is 0 Å². The molecule has 1 N–H and O–H groups in total. The van der Waals surface area contributed by atoms with Crippen LogP contribution in [0.1, 0.15) is 32.3 Å². The standard InChI is InChI=1S/C13H20BrNO/c1-4-6-10(2)15-13-8-5-7-12(14)11(13)9-16-3/h5,7-8,10,15H,4,6,9H2,1-3H3. The zero-order valence-electron chi connectivity index (χ0n) is 10.2. The van der Waals surface area contributed by atoms with Crippen molar-refractivity contribution in [1.82, 2.24) is 0 Å². The van der Waals surface area contributed by atoms with Crippen LogP contribution in [0, 0.1) is 0 Å². The molecule has 1 rings (SSSR count). The summed E-state index contributed by atoms with van der Waals surface area (Å²) < 4.78 is 6.32. The zero-order chi connectivity index (χ0) is 12.0. The Balaban J connectivity index is 2.81. The van der Waals surface area contributed by atoms with Crippen molar-refractivity contribution in [3.8, 4) is 0 Å². The third-order valence-electron chi connectivity index (χ3n) is 2.53. The van der Waals surface area contributed by atoms with Gasteiger partial charge in [0.15, 0.2) is 0 Å². The van der Waals surface area contributed by atoms with E-state index in [1.54, 1.807) is 7.11 Å². The topological polar surface area (TPSA) is 21.3 Å². The fourth-order valence-electron chi connectivity index (χ4n) is 1.76. The molecule has 0 saturated carbocycles. The minimum atomic E-state index is 0.495. The van der Waals surface area contributed by atoms with Gasteiger partial charge in [-0.25, -0.2) is 0 Å². The number of hydrogen-bond donors (Lipinski definition) is 1. The Hall–Kier alpha value is -0.540. The maximum atomic E-state index is 5.22. The number of ether oxygens (including phenoxy) is 1. The summed E-state index contributed by atoms with van der Waals surface area (Å²) in [7, 11) is 1.72. The lowest BCUT2D eigenvalue weighted by Crippen LogP contribution is -2.16. The molecule has 3 heteroatoms. The maximum Gasteiger partial charge on any atom is 0.0744 e. The molecule has 16 heavy (non-hydrogen) atoms. The summed E-state index contributed by atoms with van der Waals surface area (Å²) in [4.78, 5) is 0. The largest absolute Gasteiger partial charge is 0.382 e. The monoisotopic (exact) mass is 285 g/mol. The summed E-state index contributed by atoms with van der Waals surface area (Å²) in [6, 6.07) is 6.69. The summed E-state index contributed by atoms with van der Waals surface area (Å²) in [6.07, 6.45) is 2.38. The van der Waals surface area contributed by atoms with Crippen molar-refractivity contribution in [1.29, 1.82) is 0 Å². The Morgan fingerprint density at radius 2 is 2.19 bits per heavy atom. The van der Waals surface area contributed by atoms with Crippen molar-refractivity contribution in [2.24, 2.45) is 0 Å². The molecular formula is C13H20BrNO. The van der Waals surface area contributed by atoms with Gasteiger partial charge in [-0.15, -0.1) is 0 Å². The first-order valence-electron chi connectivity index (χ1n) is 5.71. The van der Waals surface area contributed by atoms with Crippen molar-refractivity contribution >= 4 is 21.6 Å². The zero-order valence-corrected chi connectivity index (χ0v) is 11.8. The van der Waals surface area contributed by atoms with Crippen LogP contribution in [0.4, 0.5) is 5.69 Å². The lowest BCUT2D eigenvalue weighted by molar-refractivity contribution is 0.185. The third kappa shape index (κ3) is 3.80. The average Bonchev–Trinajstić information content (AvgIpc) is 2.23. The van der Waals surface area contributed by atoms with Gasteiger partial charge in [-0.3, -0.25) is 0 Å². The van der Waals surface area contributed by atoms with E-state index in [1.165, 1.54) is 18.4 Å². The fourth-order valence-corrected chi connectivity index (χ4v) is 2.24. The first-order chi connectivity index (χ1) is 7.69. The molecule has 1 aromatic carbocycles. The summed E-state index contributed by atoms with van der Waals surface area (Å²) in [5.74, 6) is 0. The molecule has 0 aliphatic rings. The van der Waals surface area contributed by atoms with Crippen LogP contribution in [0.25, 0.3) is 0 Å². The molecule has 1 unspecified atom stereocenters. The van der Waals surface area contributed by atoms with E-state index < -0.39 is 0 Å². The van der Waals surface area contributed by atoms with Gasteiger partial charge in [-0.05, 0) is 25.5 Å². The van der Waals surface area contributed by atoms with Crippen molar-refractivity contribution < 1.29 is 4.74 Å². The molecule has 0 radical (unpaired) electrons. The van der Waals surface area contributed by atoms with Gasteiger partial charge in [-0.2, -0.15) is 0 Å². The van der Waals surface area contributed by atoms with E-state index in [4.69, 9.17) is 4.74 Å². The van der Waals surface area contributed by atoms with Crippen LogP contribution in [0.5, 0.6) is 0 Å². The second kappa shape index (κ2) is 6.92. The molecule has 0 heterocycles. The molecular weight excluding hydrogens is 266 g/mol. The van der Waals surface area contributed by atoms with Crippen LogP contribution in [0.3, 0.4) is 0 Å². The highest BCUT2D eigenvalue weighted by atomic mass is 79.9. The van der Waals surface area contributed by atoms with E-state index >= 15 is 0 Å². The van der Waals surface area contributed by atoms with Crippen LogP contribution in [0.2, 0.25) is 0 Å². The summed E-state index contributed by atoms with van der Waals surface area (Å²) in [5, 5.41) is 3.53. The molecule has 2 nitrogen and oxygen atoms in total. The van der Waals surface area contributed by atoms with E-state index in [1.807, 2.05) is 12.1 Å². The van der Waals surface area contributed by atoms with Crippen molar-refractivity contribution in [3.05, 3.63) is 28.2 Å². The average molecular weight is 286 g/mol. The van der Waals surface area contributed by atoms with E-state index in [2.05, 4.69) is 41.2 Å². The molecule has 0 amide bonds. The summed E-state index contributed by atoms with van der Waals surface area (Å²) in [5.41, 5.74) is 2.35. The number of methoxy groups -OCH3 is 1. The first-order valence-corrected chi connectivity index (χ1v) is 6.51. The lowest BCUT2D eigenvalue weighted by atomic mass is 10.1. The molecule has 0 fully saturated rings. The minimum Gasteiger partial charge on any atom is -0.382 e. The Labute approximate surface area is 107 Å². The highest BCUT2D eigenvalue weighted by molar-refractivity contribution is 9.10. The molecule has 1 atom stereocenters.